The van der Waals surface area contributed by atoms with Crippen LogP contribution in [-0.2, 0) is 0 Å². The van der Waals surface area contributed by atoms with Gasteiger partial charge in [-0.25, -0.2) is 0 Å². The predicted octanol–water partition coefficient (Wildman–Crippen LogP) is 3.63. The third kappa shape index (κ3) is 3.44. The molecular weight excluding hydrogens is 308 g/mol. The molecule has 0 saturated heterocycles. The average molecular weight is 323 g/mol. The van der Waals surface area contributed by atoms with Gasteiger partial charge in [-0.1, -0.05) is 40.1 Å². The number of carbonyl (C=O) groups is 1. The van der Waals surface area contributed by atoms with Crippen LogP contribution in [0.15, 0.2) is 39.3 Å². The van der Waals surface area contributed by atoms with E-state index in [2.05, 4.69) is 26.4 Å². The monoisotopic (exact) mass is 322 g/mol. The van der Waals surface area contributed by atoms with Gasteiger partial charge in [-0.2, -0.15) is 0 Å². The molecule has 5 heteroatoms. The first-order valence-corrected chi connectivity index (χ1v) is 6.93. The maximum absolute atomic E-state index is 11.9. The second-order valence-corrected chi connectivity index (χ2v) is 5.28. The lowest BCUT2D eigenvalue weighted by atomic mass is 10.1. The van der Waals surface area contributed by atoms with Crippen molar-refractivity contribution in [3.63, 3.8) is 0 Å². The Hall–Kier alpha value is -1.62. The molecule has 100 valence electrons. The van der Waals surface area contributed by atoms with Gasteiger partial charge in [0.2, 0.25) is 0 Å². The molecule has 0 aliphatic heterocycles. The van der Waals surface area contributed by atoms with Gasteiger partial charge in [-0.15, -0.1) is 0 Å². The second kappa shape index (κ2) is 6.02. The summed E-state index contributed by atoms with van der Waals surface area (Å²) in [7, 11) is 0. The molecule has 1 heterocycles. The Balaban J connectivity index is 2.15. The number of hydrogen-bond acceptors (Lipinski definition) is 3. The number of aromatic nitrogens is 1. The minimum absolute atomic E-state index is 0.125. The van der Waals surface area contributed by atoms with E-state index in [1.807, 2.05) is 38.1 Å². The summed E-state index contributed by atoms with van der Waals surface area (Å²) in [5.41, 5.74) is 1.19. The van der Waals surface area contributed by atoms with Crippen molar-refractivity contribution < 1.29 is 9.32 Å². The van der Waals surface area contributed by atoms with Crippen LogP contribution in [0.4, 0.5) is 0 Å². The van der Waals surface area contributed by atoms with Crippen molar-refractivity contribution in [2.24, 2.45) is 0 Å². The standard InChI is InChI=1S/C14H15BrN2O2/c1-3-9(2)16-14(18)12-8-13(19-17-12)10-4-6-11(15)7-5-10/h4-9H,3H2,1-2H3,(H,16,18). The molecule has 0 bridgehead atoms. The van der Waals surface area contributed by atoms with Gasteiger partial charge in [0, 0.05) is 22.1 Å². The topological polar surface area (TPSA) is 55.1 Å². The fourth-order valence-electron chi connectivity index (χ4n) is 1.53. The van der Waals surface area contributed by atoms with E-state index < -0.39 is 0 Å². The fourth-order valence-corrected chi connectivity index (χ4v) is 1.80. The van der Waals surface area contributed by atoms with Gasteiger partial charge in [-0.3, -0.25) is 4.79 Å². The average Bonchev–Trinajstić information content (AvgIpc) is 2.89. The minimum Gasteiger partial charge on any atom is -0.355 e. The van der Waals surface area contributed by atoms with Crippen molar-refractivity contribution in [2.75, 3.05) is 0 Å². The lowest BCUT2D eigenvalue weighted by Gasteiger charge is -2.08. The summed E-state index contributed by atoms with van der Waals surface area (Å²) >= 11 is 3.37. The Morgan fingerprint density at radius 2 is 2.11 bits per heavy atom. The predicted molar refractivity (Wildman–Crippen MR) is 76.9 cm³/mol. The van der Waals surface area contributed by atoms with E-state index in [0.717, 1.165) is 16.5 Å². The molecule has 1 N–H and O–H groups in total. The van der Waals surface area contributed by atoms with Crippen LogP contribution >= 0.6 is 15.9 Å². The molecule has 0 spiro atoms. The summed E-state index contributed by atoms with van der Waals surface area (Å²) in [5.74, 6) is 0.378. The molecule has 1 aromatic heterocycles. The highest BCUT2D eigenvalue weighted by Crippen LogP contribution is 2.22. The van der Waals surface area contributed by atoms with Crippen LogP contribution in [0, 0.1) is 0 Å². The van der Waals surface area contributed by atoms with E-state index in [4.69, 9.17) is 4.52 Å². The summed E-state index contributed by atoms with van der Waals surface area (Å²) in [6, 6.07) is 9.41. The Morgan fingerprint density at radius 1 is 1.42 bits per heavy atom. The van der Waals surface area contributed by atoms with Crippen molar-refractivity contribution in [1.82, 2.24) is 10.5 Å². The maximum Gasteiger partial charge on any atom is 0.273 e. The summed E-state index contributed by atoms with van der Waals surface area (Å²) < 4.78 is 6.19. The summed E-state index contributed by atoms with van der Waals surface area (Å²) in [4.78, 5) is 11.9. The summed E-state index contributed by atoms with van der Waals surface area (Å²) in [6.45, 7) is 3.97. The minimum atomic E-state index is -0.207. The van der Waals surface area contributed by atoms with Crippen LogP contribution < -0.4 is 5.32 Å². The first-order valence-electron chi connectivity index (χ1n) is 6.13. The normalized spacial score (nSPS) is 12.2. The van der Waals surface area contributed by atoms with Gasteiger partial charge in [0.15, 0.2) is 11.5 Å². The van der Waals surface area contributed by atoms with Crippen LogP contribution in [0.25, 0.3) is 11.3 Å². The number of nitrogens with one attached hydrogen (secondary N) is 1. The summed E-state index contributed by atoms with van der Waals surface area (Å²) in [6.07, 6.45) is 0.878. The van der Waals surface area contributed by atoms with E-state index in [1.165, 1.54) is 0 Å². The molecule has 1 amide bonds. The number of benzene rings is 1. The Bertz CT molecular complexity index is 563. The third-order valence-corrected chi connectivity index (χ3v) is 3.39. The molecule has 0 radical (unpaired) electrons. The number of rotatable bonds is 4. The quantitative estimate of drug-likeness (QED) is 0.935. The van der Waals surface area contributed by atoms with Crippen molar-refractivity contribution in [1.29, 1.82) is 0 Å². The number of carbonyl (C=O) groups excluding carboxylic acids is 1. The number of nitrogens with zero attached hydrogens (tertiary/aromatic N) is 1. The van der Waals surface area contributed by atoms with Crippen LogP contribution in [0.3, 0.4) is 0 Å². The highest BCUT2D eigenvalue weighted by Gasteiger charge is 2.14. The Morgan fingerprint density at radius 3 is 2.74 bits per heavy atom. The molecular formula is C14H15BrN2O2. The highest BCUT2D eigenvalue weighted by molar-refractivity contribution is 9.10. The highest BCUT2D eigenvalue weighted by atomic mass is 79.9. The van der Waals surface area contributed by atoms with E-state index in [-0.39, 0.29) is 11.9 Å². The second-order valence-electron chi connectivity index (χ2n) is 4.37. The number of halogens is 1. The van der Waals surface area contributed by atoms with Crippen molar-refractivity contribution in [3.05, 3.63) is 40.5 Å². The van der Waals surface area contributed by atoms with E-state index in [1.54, 1.807) is 6.07 Å². The van der Waals surface area contributed by atoms with Gasteiger partial charge in [-0.05, 0) is 25.5 Å². The molecule has 2 rings (SSSR count). The molecule has 1 aromatic carbocycles. The SMILES string of the molecule is CCC(C)NC(=O)c1cc(-c2ccc(Br)cc2)on1. The first kappa shape index (κ1) is 13.8. The molecule has 0 saturated carbocycles. The maximum atomic E-state index is 11.9. The van der Waals surface area contributed by atoms with Crippen LogP contribution in [-0.4, -0.2) is 17.1 Å². The van der Waals surface area contributed by atoms with Crippen molar-refractivity contribution in [3.8, 4) is 11.3 Å². The number of hydrogen-bond donors (Lipinski definition) is 1. The van der Waals surface area contributed by atoms with Crippen LogP contribution in [0.1, 0.15) is 30.8 Å². The van der Waals surface area contributed by atoms with E-state index in [0.29, 0.717) is 11.5 Å². The largest absolute Gasteiger partial charge is 0.355 e. The zero-order chi connectivity index (χ0) is 13.8. The number of amides is 1. The van der Waals surface area contributed by atoms with Gasteiger partial charge in [0.25, 0.3) is 5.91 Å². The lowest BCUT2D eigenvalue weighted by Crippen LogP contribution is -2.32. The Kier molecular flexibility index (Phi) is 4.37. The van der Waals surface area contributed by atoms with Gasteiger partial charge < -0.3 is 9.84 Å². The van der Waals surface area contributed by atoms with Gasteiger partial charge >= 0.3 is 0 Å². The van der Waals surface area contributed by atoms with Crippen molar-refractivity contribution >= 4 is 21.8 Å². The fraction of sp³-hybridized carbons (Fsp3) is 0.286. The molecule has 1 unspecified atom stereocenters. The molecule has 4 nitrogen and oxygen atoms in total. The van der Waals surface area contributed by atoms with Crippen LogP contribution in [0.5, 0.6) is 0 Å². The smallest absolute Gasteiger partial charge is 0.273 e. The molecule has 19 heavy (non-hydrogen) atoms. The van der Waals surface area contributed by atoms with Gasteiger partial charge in [0.05, 0.1) is 0 Å². The van der Waals surface area contributed by atoms with Crippen molar-refractivity contribution in [2.45, 2.75) is 26.3 Å². The van der Waals surface area contributed by atoms with Crippen LogP contribution in [0.2, 0.25) is 0 Å². The molecule has 0 fully saturated rings. The van der Waals surface area contributed by atoms with Gasteiger partial charge in [0.1, 0.15) is 0 Å². The zero-order valence-corrected chi connectivity index (χ0v) is 12.4. The molecule has 0 aliphatic carbocycles. The third-order valence-electron chi connectivity index (χ3n) is 2.86. The zero-order valence-electron chi connectivity index (χ0n) is 10.8. The van der Waals surface area contributed by atoms with E-state index in [9.17, 15) is 4.79 Å². The Labute approximate surface area is 120 Å². The summed E-state index contributed by atoms with van der Waals surface area (Å²) in [5, 5.41) is 6.65. The molecule has 1 atom stereocenters. The van der Waals surface area contributed by atoms with E-state index >= 15 is 0 Å². The lowest BCUT2D eigenvalue weighted by molar-refractivity contribution is 0.0930. The first-order chi connectivity index (χ1) is 9.10. The molecule has 0 aliphatic rings. The molecule has 2 aromatic rings.